The van der Waals surface area contributed by atoms with E-state index in [0.29, 0.717) is 5.92 Å². The van der Waals surface area contributed by atoms with E-state index in [2.05, 4.69) is 37.5 Å². The molecule has 1 aliphatic rings. The van der Waals surface area contributed by atoms with Gasteiger partial charge in [0.15, 0.2) is 0 Å². The maximum absolute atomic E-state index is 12.4. The van der Waals surface area contributed by atoms with Crippen molar-refractivity contribution < 1.29 is 4.79 Å². The van der Waals surface area contributed by atoms with Gasteiger partial charge in [0.25, 0.3) is 5.91 Å². The third-order valence-electron chi connectivity index (χ3n) is 4.22. The van der Waals surface area contributed by atoms with Crippen LogP contribution in [0.3, 0.4) is 0 Å². The summed E-state index contributed by atoms with van der Waals surface area (Å²) in [5.41, 5.74) is 1.91. The van der Waals surface area contributed by atoms with Crippen molar-refractivity contribution in [3.8, 4) is 0 Å². The highest BCUT2D eigenvalue weighted by atomic mass is 16.1. The van der Waals surface area contributed by atoms with Gasteiger partial charge >= 0.3 is 0 Å². The second-order valence-corrected chi connectivity index (χ2v) is 7.05. The molecule has 0 saturated carbocycles. The zero-order valence-electron chi connectivity index (χ0n) is 13.5. The van der Waals surface area contributed by atoms with Gasteiger partial charge in [0.2, 0.25) is 0 Å². The van der Waals surface area contributed by atoms with Crippen molar-refractivity contribution in [2.75, 3.05) is 19.6 Å². The largest absolute Gasteiger partial charge is 0.352 e. The van der Waals surface area contributed by atoms with Crippen LogP contribution in [-0.4, -0.2) is 25.5 Å². The van der Waals surface area contributed by atoms with Crippen LogP contribution < -0.4 is 10.6 Å². The first-order valence-corrected chi connectivity index (χ1v) is 8.07. The number of nitrogens with one attached hydrogen (secondary N) is 2. The Labute approximate surface area is 128 Å². The van der Waals surface area contributed by atoms with Gasteiger partial charge < -0.3 is 10.6 Å². The number of hydrogen-bond acceptors (Lipinski definition) is 2. The first kappa shape index (κ1) is 16.0. The van der Waals surface area contributed by atoms with E-state index < -0.39 is 0 Å². The van der Waals surface area contributed by atoms with Gasteiger partial charge in [-0.15, -0.1) is 0 Å². The number of hydrogen-bond donors (Lipinski definition) is 2. The zero-order chi connectivity index (χ0) is 15.3. The molecule has 2 rings (SSSR count). The van der Waals surface area contributed by atoms with Gasteiger partial charge in [0.05, 0.1) is 0 Å². The highest BCUT2D eigenvalue weighted by Crippen LogP contribution is 2.25. The second kappa shape index (κ2) is 7.08. The molecular weight excluding hydrogens is 260 g/mol. The number of amides is 1. The number of carbonyl (C=O) groups excluding carboxylic acids is 1. The van der Waals surface area contributed by atoms with E-state index >= 15 is 0 Å². The maximum atomic E-state index is 12.4. The van der Waals surface area contributed by atoms with Crippen molar-refractivity contribution >= 4 is 5.91 Å². The second-order valence-electron chi connectivity index (χ2n) is 7.05. The van der Waals surface area contributed by atoms with Gasteiger partial charge in [-0.3, -0.25) is 4.79 Å². The van der Waals surface area contributed by atoms with Gasteiger partial charge in [0.1, 0.15) is 0 Å². The molecule has 1 aliphatic heterocycles. The minimum Gasteiger partial charge on any atom is -0.352 e. The zero-order valence-corrected chi connectivity index (χ0v) is 13.5. The smallest absolute Gasteiger partial charge is 0.251 e. The van der Waals surface area contributed by atoms with Crippen LogP contribution in [0, 0.1) is 5.92 Å². The van der Waals surface area contributed by atoms with Crippen LogP contribution in [0.15, 0.2) is 24.3 Å². The summed E-state index contributed by atoms with van der Waals surface area (Å²) in [6.07, 6.45) is 3.60. The molecule has 1 saturated heterocycles. The summed E-state index contributed by atoms with van der Waals surface area (Å²) in [7, 11) is 0. The van der Waals surface area contributed by atoms with Crippen molar-refractivity contribution in [3.05, 3.63) is 35.4 Å². The highest BCUT2D eigenvalue weighted by Gasteiger charge is 2.21. The molecule has 3 nitrogen and oxygen atoms in total. The van der Waals surface area contributed by atoms with Crippen molar-refractivity contribution in [1.82, 2.24) is 10.6 Å². The fraction of sp³-hybridized carbons (Fsp3) is 0.611. The fourth-order valence-electron chi connectivity index (χ4n) is 2.99. The average molecular weight is 288 g/mol. The highest BCUT2D eigenvalue weighted by molar-refractivity contribution is 5.96. The lowest BCUT2D eigenvalue weighted by molar-refractivity contribution is 0.0948. The van der Waals surface area contributed by atoms with Crippen LogP contribution in [0.25, 0.3) is 0 Å². The number of benzene rings is 1. The van der Waals surface area contributed by atoms with E-state index in [1.165, 1.54) is 12.8 Å². The minimum atomic E-state index is -0.0127. The van der Waals surface area contributed by atoms with Crippen LogP contribution in [-0.2, 0) is 5.41 Å². The van der Waals surface area contributed by atoms with Crippen LogP contribution in [0.2, 0.25) is 0 Å². The molecule has 1 unspecified atom stereocenters. The molecule has 2 N–H and O–H groups in total. The Morgan fingerprint density at radius 2 is 2.10 bits per heavy atom. The first-order chi connectivity index (χ1) is 9.98. The molecule has 1 fully saturated rings. The number of piperidine rings is 1. The fourth-order valence-corrected chi connectivity index (χ4v) is 2.99. The van der Waals surface area contributed by atoms with Crippen LogP contribution >= 0.6 is 0 Å². The standard InChI is InChI=1S/C18H28N2O/c1-18(2,3)16-9-5-4-8-15(16)17(21)20-12-10-14-7-6-11-19-13-14/h4-5,8-9,14,19H,6-7,10-13H2,1-3H3,(H,20,21). The molecule has 0 aliphatic carbocycles. The van der Waals surface area contributed by atoms with E-state index in [9.17, 15) is 4.79 Å². The van der Waals surface area contributed by atoms with E-state index in [1.54, 1.807) is 0 Å². The van der Waals surface area contributed by atoms with Crippen molar-refractivity contribution in [1.29, 1.82) is 0 Å². The SMILES string of the molecule is CC(C)(C)c1ccccc1C(=O)NCCC1CCCNC1. The Bertz CT molecular complexity index is 470. The third-order valence-corrected chi connectivity index (χ3v) is 4.22. The first-order valence-electron chi connectivity index (χ1n) is 8.07. The molecule has 1 aromatic carbocycles. The van der Waals surface area contributed by atoms with Crippen LogP contribution in [0.4, 0.5) is 0 Å². The molecule has 21 heavy (non-hydrogen) atoms. The predicted octanol–water partition coefficient (Wildman–Crippen LogP) is 3.10. The molecule has 1 aromatic rings. The molecule has 0 aromatic heterocycles. The Kier molecular flexibility index (Phi) is 5.40. The van der Waals surface area contributed by atoms with E-state index in [4.69, 9.17) is 0 Å². The Balaban J connectivity index is 1.91. The summed E-state index contributed by atoms with van der Waals surface area (Å²) in [5, 5.41) is 6.51. The Hall–Kier alpha value is -1.35. The van der Waals surface area contributed by atoms with Crippen LogP contribution in [0.5, 0.6) is 0 Å². The number of rotatable bonds is 4. The molecule has 116 valence electrons. The molecule has 0 radical (unpaired) electrons. The summed E-state index contributed by atoms with van der Waals surface area (Å²) in [5.74, 6) is 0.765. The summed E-state index contributed by atoms with van der Waals surface area (Å²) >= 11 is 0. The summed E-state index contributed by atoms with van der Waals surface area (Å²) in [6.45, 7) is 9.44. The van der Waals surface area contributed by atoms with E-state index in [0.717, 1.165) is 37.2 Å². The van der Waals surface area contributed by atoms with E-state index in [-0.39, 0.29) is 11.3 Å². The third kappa shape index (κ3) is 4.57. The summed E-state index contributed by atoms with van der Waals surface area (Å²) in [6, 6.07) is 7.93. The summed E-state index contributed by atoms with van der Waals surface area (Å²) in [4.78, 5) is 12.4. The lowest BCUT2D eigenvalue weighted by atomic mass is 9.83. The Morgan fingerprint density at radius 3 is 2.76 bits per heavy atom. The monoisotopic (exact) mass is 288 g/mol. The number of carbonyl (C=O) groups is 1. The average Bonchev–Trinajstić information content (AvgIpc) is 2.47. The van der Waals surface area contributed by atoms with Gasteiger partial charge in [0, 0.05) is 12.1 Å². The van der Waals surface area contributed by atoms with Gasteiger partial charge in [-0.1, -0.05) is 39.0 Å². The minimum absolute atomic E-state index is 0.0127. The van der Waals surface area contributed by atoms with Gasteiger partial charge in [-0.25, -0.2) is 0 Å². The van der Waals surface area contributed by atoms with Gasteiger partial charge in [-0.2, -0.15) is 0 Å². The van der Waals surface area contributed by atoms with Crippen molar-refractivity contribution in [3.63, 3.8) is 0 Å². The topological polar surface area (TPSA) is 41.1 Å². The quantitative estimate of drug-likeness (QED) is 0.894. The maximum Gasteiger partial charge on any atom is 0.251 e. The molecule has 0 spiro atoms. The van der Waals surface area contributed by atoms with E-state index in [1.807, 2.05) is 18.2 Å². The normalized spacial score (nSPS) is 19.3. The van der Waals surface area contributed by atoms with Crippen molar-refractivity contribution in [2.24, 2.45) is 5.92 Å². The summed E-state index contributed by atoms with van der Waals surface area (Å²) < 4.78 is 0. The van der Waals surface area contributed by atoms with Crippen LogP contribution in [0.1, 0.15) is 56.0 Å². The van der Waals surface area contributed by atoms with Gasteiger partial charge in [-0.05, 0) is 55.3 Å². The molecule has 1 amide bonds. The lowest BCUT2D eigenvalue weighted by Crippen LogP contribution is -2.33. The predicted molar refractivity (Wildman–Crippen MR) is 87.7 cm³/mol. The lowest BCUT2D eigenvalue weighted by Gasteiger charge is -2.24. The molecular formula is C18H28N2O. The molecule has 0 bridgehead atoms. The van der Waals surface area contributed by atoms with Crippen molar-refractivity contribution in [2.45, 2.75) is 45.4 Å². The molecule has 1 heterocycles. The molecule has 1 atom stereocenters. The molecule has 3 heteroatoms. The Morgan fingerprint density at radius 1 is 1.33 bits per heavy atom.